The molecule has 0 atom stereocenters. The first-order valence-electron chi connectivity index (χ1n) is 16.3. The molecule has 0 aliphatic heterocycles. The monoisotopic (exact) mass is 629 g/mol. The van der Waals surface area contributed by atoms with Gasteiger partial charge in [0.15, 0.2) is 0 Å². The Kier molecular flexibility index (Phi) is 7.07. The molecule has 0 saturated heterocycles. The summed E-state index contributed by atoms with van der Waals surface area (Å²) in [7, 11) is 0. The molecular weight excluding hydrogens is 599 g/mol. The van der Waals surface area contributed by atoms with Gasteiger partial charge in [0.1, 0.15) is 0 Å². The molecule has 0 unspecified atom stereocenters. The van der Waals surface area contributed by atoms with E-state index in [9.17, 15) is 0 Å². The summed E-state index contributed by atoms with van der Waals surface area (Å²) in [5.74, 6) is 0. The fraction of sp³-hybridized carbons (Fsp3) is 0. The summed E-state index contributed by atoms with van der Waals surface area (Å²) in [6.45, 7) is 0. The summed E-state index contributed by atoms with van der Waals surface area (Å²) in [4.78, 5) is 3.63. The molecule has 2 heteroatoms. The molecule has 1 heterocycles. The van der Waals surface area contributed by atoms with Crippen LogP contribution < -0.4 is 4.90 Å². The topological polar surface area (TPSA) is 3.24 Å². The fourth-order valence-corrected chi connectivity index (χ4v) is 7.94. The van der Waals surface area contributed by atoms with Gasteiger partial charge in [-0.05, 0) is 103 Å². The Morgan fingerprint density at radius 2 is 0.792 bits per heavy atom. The minimum Gasteiger partial charge on any atom is -0.311 e. The van der Waals surface area contributed by atoms with E-state index in [4.69, 9.17) is 0 Å². The van der Waals surface area contributed by atoms with Crippen LogP contribution in [0.3, 0.4) is 0 Å². The molecule has 0 fully saturated rings. The third-order valence-corrected chi connectivity index (χ3v) is 10.5. The van der Waals surface area contributed by atoms with Crippen LogP contribution in [0.15, 0.2) is 188 Å². The Morgan fingerprint density at radius 1 is 0.312 bits per heavy atom. The SMILES string of the molecule is c1ccc(-c2ccc(N(c3ccc(-c4ccc5ccccc5c4)cc3)c3ccc(-c4cc5ccc6ccccc6c5s4)cc3)cc2)cc1. The first-order valence-corrected chi connectivity index (χ1v) is 17.2. The van der Waals surface area contributed by atoms with E-state index in [2.05, 4.69) is 193 Å². The molecule has 0 aliphatic carbocycles. The molecule has 48 heavy (non-hydrogen) atoms. The number of anilines is 3. The molecule has 9 aromatic rings. The van der Waals surface area contributed by atoms with Gasteiger partial charge in [0.25, 0.3) is 0 Å². The van der Waals surface area contributed by atoms with Gasteiger partial charge < -0.3 is 4.90 Å². The minimum atomic E-state index is 1.12. The first-order chi connectivity index (χ1) is 23.8. The normalized spacial score (nSPS) is 11.3. The Morgan fingerprint density at radius 3 is 1.48 bits per heavy atom. The number of hydrogen-bond donors (Lipinski definition) is 0. The van der Waals surface area contributed by atoms with E-state index in [0.29, 0.717) is 0 Å². The predicted molar refractivity (Wildman–Crippen MR) is 208 cm³/mol. The van der Waals surface area contributed by atoms with Crippen LogP contribution in [-0.2, 0) is 0 Å². The average Bonchev–Trinajstić information content (AvgIpc) is 3.61. The highest BCUT2D eigenvalue weighted by Gasteiger charge is 2.15. The summed E-state index contributed by atoms with van der Waals surface area (Å²) in [5, 5.41) is 6.42. The number of benzene rings is 8. The second-order valence-electron chi connectivity index (χ2n) is 12.2. The van der Waals surface area contributed by atoms with E-state index in [1.54, 1.807) is 0 Å². The first kappa shape index (κ1) is 28.3. The number of hydrogen-bond acceptors (Lipinski definition) is 2. The van der Waals surface area contributed by atoms with Crippen LogP contribution in [0.1, 0.15) is 0 Å². The standard InChI is InChI=1S/C46H31NS/c1-2-8-32(9-3-1)34-18-24-41(25-19-34)47(42-26-20-35(21-27-42)39-16-14-33-10-4-5-12-38(33)30-39)43-28-22-37(23-29-43)45-31-40-17-15-36-11-6-7-13-44(36)46(40)48-45/h1-31H. The van der Waals surface area contributed by atoms with Crippen molar-refractivity contribution in [1.82, 2.24) is 0 Å². The number of rotatable bonds is 6. The molecule has 8 aromatic carbocycles. The highest BCUT2D eigenvalue weighted by molar-refractivity contribution is 7.23. The Bertz CT molecular complexity index is 2530. The van der Waals surface area contributed by atoms with Crippen molar-refractivity contribution in [2.24, 2.45) is 0 Å². The molecule has 0 bridgehead atoms. The van der Waals surface area contributed by atoms with Crippen LogP contribution in [0.2, 0.25) is 0 Å². The smallest absolute Gasteiger partial charge is 0.0462 e. The zero-order valence-electron chi connectivity index (χ0n) is 26.3. The quantitative estimate of drug-likeness (QED) is 0.177. The van der Waals surface area contributed by atoms with Crippen LogP contribution in [0, 0.1) is 0 Å². The van der Waals surface area contributed by atoms with Crippen molar-refractivity contribution < 1.29 is 0 Å². The molecule has 0 radical (unpaired) electrons. The molecule has 1 nitrogen and oxygen atoms in total. The minimum absolute atomic E-state index is 1.12. The summed E-state index contributed by atoms with van der Waals surface area (Å²) >= 11 is 1.87. The Balaban J connectivity index is 1.09. The van der Waals surface area contributed by atoms with Gasteiger partial charge in [0.05, 0.1) is 0 Å². The van der Waals surface area contributed by atoms with Crippen molar-refractivity contribution in [2.45, 2.75) is 0 Å². The largest absolute Gasteiger partial charge is 0.311 e. The molecule has 0 spiro atoms. The second-order valence-corrected chi connectivity index (χ2v) is 13.3. The molecule has 0 amide bonds. The Labute approximate surface area is 284 Å². The number of thiophene rings is 1. The summed E-state index contributed by atoms with van der Waals surface area (Å²) < 4.78 is 1.35. The number of nitrogens with zero attached hydrogens (tertiary/aromatic N) is 1. The van der Waals surface area contributed by atoms with Crippen LogP contribution in [-0.4, -0.2) is 0 Å². The van der Waals surface area contributed by atoms with Gasteiger partial charge in [0.2, 0.25) is 0 Å². The van der Waals surface area contributed by atoms with Gasteiger partial charge in [-0.1, -0.05) is 140 Å². The lowest BCUT2D eigenvalue weighted by Gasteiger charge is -2.26. The van der Waals surface area contributed by atoms with E-state index in [1.165, 1.54) is 64.3 Å². The lowest BCUT2D eigenvalue weighted by atomic mass is 10.0. The highest BCUT2D eigenvalue weighted by Crippen LogP contribution is 2.41. The zero-order chi connectivity index (χ0) is 31.9. The van der Waals surface area contributed by atoms with E-state index < -0.39 is 0 Å². The van der Waals surface area contributed by atoms with Crippen molar-refractivity contribution in [3.63, 3.8) is 0 Å². The lowest BCUT2D eigenvalue weighted by molar-refractivity contribution is 1.28. The number of fused-ring (bicyclic) bond motifs is 4. The summed E-state index contributed by atoms with van der Waals surface area (Å²) in [6.07, 6.45) is 0. The van der Waals surface area contributed by atoms with Gasteiger partial charge in [-0.15, -0.1) is 11.3 Å². The van der Waals surface area contributed by atoms with E-state index in [-0.39, 0.29) is 0 Å². The maximum Gasteiger partial charge on any atom is 0.0462 e. The van der Waals surface area contributed by atoms with Crippen molar-refractivity contribution in [3.05, 3.63) is 188 Å². The third-order valence-electron chi connectivity index (χ3n) is 9.26. The van der Waals surface area contributed by atoms with Crippen LogP contribution >= 0.6 is 11.3 Å². The maximum atomic E-state index is 2.35. The van der Waals surface area contributed by atoms with E-state index in [1.807, 2.05) is 11.3 Å². The summed E-state index contributed by atoms with van der Waals surface area (Å²) in [6, 6.07) is 68.1. The van der Waals surface area contributed by atoms with Crippen molar-refractivity contribution in [3.8, 4) is 32.7 Å². The molecule has 1 aromatic heterocycles. The molecule has 0 aliphatic rings. The third kappa shape index (κ3) is 5.23. The molecular formula is C46H31NS. The molecule has 0 saturated carbocycles. The van der Waals surface area contributed by atoms with Crippen molar-refractivity contribution >= 4 is 60.0 Å². The van der Waals surface area contributed by atoms with Crippen LogP contribution in [0.5, 0.6) is 0 Å². The lowest BCUT2D eigenvalue weighted by Crippen LogP contribution is -2.09. The maximum absolute atomic E-state index is 2.35. The molecule has 226 valence electrons. The zero-order valence-corrected chi connectivity index (χ0v) is 27.1. The van der Waals surface area contributed by atoms with Crippen LogP contribution in [0.4, 0.5) is 17.1 Å². The highest BCUT2D eigenvalue weighted by atomic mass is 32.1. The van der Waals surface area contributed by atoms with Gasteiger partial charge >= 0.3 is 0 Å². The van der Waals surface area contributed by atoms with E-state index >= 15 is 0 Å². The summed E-state index contributed by atoms with van der Waals surface area (Å²) in [5.41, 5.74) is 9.44. The fourth-order valence-electron chi connectivity index (χ4n) is 6.74. The Hall–Kier alpha value is -5.96. The predicted octanol–water partition coefficient (Wildman–Crippen LogP) is 13.7. The van der Waals surface area contributed by atoms with Gasteiger partial charge in [-0.2, -0.15) is 0 Å². The second kappa shape index (κ2) is 12.0. The van der Waals surface area contributed by atoms with Gasteiger partial charge in [-0.3, -0.25) is 0 Å². The van der Waals surface area contributed by atoms with Crippen molar-refractivity contribution in [1.29, 1.82) is 0 Å². The average molecular weight is 630 g/mol. The van der Waals surface area contributed by atoms with Crippen molar-refractivity contribution in [2.75, 3.05) is 4.90 Å². The van der Waals surface area contributed by atoms with E-state index in [0.717, 1.165) is 17.1 Å². The molecule has 0 N–H and O–H groups in total. The van der Waals surface area contributed by atoms with Crippen LogP contribution in [0.25, 0.3) is 64.3 Å². The van der Waals surface area contributed by atoms with Gasteiger partial charge in [0, 0.05) is 26.6 Å². The molecule has 9 rings (SSSR count). The van der Waals surface area contributed by atoms with Gasteiger partial charge in [-0.25, -0.2) is 0 Å².